The molecule has 1 rings (SSSR count). The number of esters is 2. The van der Waals surface area contributed by atoms with Crippen LogP contribution in [-0.2, 0) is 23.9 Å². The Labute approximate surface area is 150 Å². The Morgan fingerprint density at radius 2 is 1.30 bits per heavy atom. The summed E-state index contributed by atoms with van der Waals surface area (Å²) in [5.74, 6) is -15.9. The molecule has 0 aliphatic carbocycles. The minimum atomic E-state index is -2.45. The summed E-state index contributed by atoms with van der Waals surface area (Å²) >= 11 is 0. The summed E-state index contributed by atoms with van der Waals surface area (Å²) in [6.07, 6.45) is 0.348. The van der Waals surface area contributed by atoms with Crippen LogP contribution in [0.1, 0.15) is 20.8 Å². The van der Waals surface area contributed by atoms with Gasteiger partial charge in [-0.1, -0.05) is 0 Å². The van der Waals surface area contributed by atoms with E-state index in [2.05, 4.69) is 9.47 Å². The van der Waals surface area contributed by atoms with Crippen LogP contribution in [0.5, 0.6) is 0 Å². The molecule has 27 heavy (non-hydrogen) atoms. The van der Waals surface area contributed by atoms with Crippen molar-refractivity contribution >= 4 is 23.5 Å². The molecule has 0 fully saturated rings. The van der Waals surface area contributed by atoms with E-state index in [1.165, 1.54) is 13.8 Å². The van der Waals surface area contributed by atoms with Crippen LogP contribution in [0.15, 0.2) is 11.8 Å². The highest BCUT2D eigenvalue weighted by Gasteiger charge is 2.35. The molecular weight excluding hydrogens is 381 g/mol. The second-order valence-electron chi connectivity index (χ2n) is 4.78. The molecule has 0 unspecified atom stereocenters. The third-order valence-electron chi connectivity index (χ3n) is 2.99. The Kier molecular flexibility index (Phi) is 7.44. The zero-order chi connectivity index (χ0) is 20.9. The Morgan fingerprint density at radius 3 is 1.70 bits per heavy atom. The van der Waals surface area contributed by atoms with Crippen LogP contribution in [-0.4, -0.2) is 31.1 Å². The third kappa shape index (κ3) is 4.60. The normalized spacial score (nSPS) is 11.2. The van der Waals surface area contributed by atoms with Gasteiger partial charge in [-0.25, -0.2) is 31.5 Å². The molecule has 0 saturated carbocycles. The molecule has 6 nitrogen and oxygen atoms in total. The zero-order valence-corrected chi connectivity index (χ0v) is 14.4. The number of nitrogens with zero attached hydrogens (tertiary/aromatic N) is 1. The van der Waals surface area contributed by atoms with Gasteiger partial charge in [0.25, 0.3) is 0 Å². The van der Waals surface area contributed by atoms with E-state index in [0.717, 1.165) is 0 Å². The van der Waals surface area contributed by atoms with Crippen LogP contribution in [0.4, 0.5) is 27.6 Å². The molecule has 0 saturated heterocycles. The number of halogens is 5. The Hall–Kier alpha value is -2.98. The van der Waals surface area contributed by atoms with E-state index in [-0.39, 0.29) is 18.1 Å². The molecule has 0 atom stereocenters. The van der Waals surface area contributed by atoms with Gasteiger partial charge < -0.3 is 9.47 Å². The first-order valence-corrected chi connectivity index (χ1v) is 7.46. The fourth-order valence-electron chi connectivity index (χ4n) is 1.95. The molecule has 0 bridgehead atoms. The van der Waals surface area contributed by atoms with Crippen molar-refractivity contribution in [2.24, 2.45) is 0 Å². The number of anilines is 1. The van der Waals surface area contributed by atoms with Gasteiger partial charge >= 0.3 is 11.9 Å². The van der Waals surface area contributed by atoms with E-state index < -0.39 is 58.3 Å². The first kappa shape index (κ1) is 22.1. The lowest BCUT2D eigenvalue weighted by Gasteiger charge is -2.24. The molecule has 0 aliphatic rings. The number of carbonyl (C=O) groups excluding carboxylic acids is 3. The van der Waals surface area contributed by atoms with Crippen LogP contribution >= 0.6 is 0 Å². The Morgan fingerprint density at radius 1 is 0.852 bits per heavy atom. The van der Waals surface area contributed by atoms with Crippen molar-refractivity contribution in [3.63, 3.8) is 0 Å². The van der Waals surface area contributed by atoms with Crippen molar-refractivity contribution in [3.8, 4) is 0 Å². The topological polar surface area (TPSA) is 72.9 Å². The third-order valence-corrected chi connectivity index (χ3v) is 2.99. The van der Waals surface area contributed by atoms with E-state index in [1.807, 2.05) is 0 Å². The number of rotatable bonds is 6. The minimum Gasteiger partial charge on any atom is -0.463 e. The summed E-state index contributed by atoms with van der Waals surface area (Å²) in [5.41, 5.74) is -2.83. The lowest BCUT2D eigenvalue weighted by atomic mass is 10.2. The standard InChI is InChI=1S/C16H14F5NO5/c1-4-26-9(24)6-8(16(25)27-5-2)22(7(3)23)15-13(20)11(18)10(17)12(19)14(15)21/h6H,4-5H2,1-3H3/b8-6-. The van der Waals surface area contributed by atoms with Gasteiger partial charge in [-0.05, 0) is 13.8 Å². The van der Waals surface area contributed by atoms with Gasteiger partial charge in [-0.2, -0.15) is 0 Å². The molecule has 148 valence electrons. The predicted molar refractivity (Wildman–Crippen MR) is 80.7 cm³/mol. The minimum absolute atomic E-state index is 0.148. The highest BCUT2D eigenvalue weighted by atomic mass is 19.2. The summed E-state index contributed by atoms with van der Waals surface area (Å²) in [4.78, 5) is 35.5. The maximum atomic E-state index is 14.1. The quantitative estimate of drug-likeness (QED) is 0.244. The molecule has 0 aliphatic heterocycles. The second kappa shape index (κ2) is 9.10. The van der Waals surface area contributed by atoms with Crippen molar-refractivity contribution in [2.75, 3.05) is 18.1 Å². The van der Waals surface area contributed by atoms with Crippen molar-refractivity contribution in [1.29, 1.82) is 0 Å². The summed E-state index contributed by atoms with van der Waals surface area (Å²) in [6, 6.07) is 0. The van der Waals surface area contributed by atoms with Gasteiger partial charge in [-0.15, -0.1) is 0 Å². The van der Waals surface area contributed by atoms with E-state index in [9.17, 15) is 36.3 Å². The summed E-state index contributed by atoms with van der Waals surface area (Å²) in [5, 5.41) is 0. The SMILES string of the molecule is CCOC(=O)/C=C(/C(=O)OCC)N(C(C)=O)c1c(F)c(F)c(F)c(F)c1F. The first-order valence-electron chi connectivity index (χ1n) is 7.46. The average molecular weight is 395 g/mol. The largest absolute Gasteiger partial charge is 0.463 e. The maximum absolute atomic E-state index is 14.1. The highest BCUT2D eigenvalue weighted by molar-refractivity contribution is 6.08. The lowest BCUT2D eigenvalue weighted by Crippen LogP contribution is -2.35. The van der Waals surface area contributed by atoms with Crippen LogP contribution in [0.25, 0.3) is 0 Å². The van der Waals surface area contributed by atoms with Crippen LogP contribution in [0, 0.1) is 29.1 Å². The Balaban J connectivity index is 3.77. The lowest BCUT2D eigenvalue weighted by molar-refractivity contribution is -0.141. The van der Waals surface area contributed by atoms with Crippen molar-refractivity contribution in [3.05, 3.63) is 40.9 Å². The first-order chi connectivity index (χ1) is 12.6. The molecule has 0 spiro atoms. The summed E-state index contributed by atoms with van der Waals surface area (Å²) in [6.45, 7) is 2.99. The average Bonchev–Trinajstić information content (AvgIpc) is 2.60. The van der Waals surface area contributed by atoms with E-state index in [0.29, 0.717) is 13.0 Å². The number of ether oxygens (including phenoxy) is 2. The van der Waals surface area contributed by atoms with E-state index in [4.69, 9.17) is 0 Å². The molecule has 0 radical (unpaired) electrons. The van der Waals surface area contributed by atoms with Gasteiger partial charge in [0.15, 0.2) is 23.3 Å². The van der Waals surface area contributed by atoms with E-state index in [1.54, 1.807) is 0 Å². The van der Waals surface area contributed by atoms with Gasteiger partial charge in [-0.3, -0.25) is 9.69 Å². The number of hydrogen-bond acceptors (Lipinski definition) is 5. The molecule has 11 heteroatoms. The van der Waals surface area contributed by atoms with Gasteiger partial charge in [0.1, 0.15) is 11.4 Å². The molecule has 1 amide bonds. The number of benzene rings is 1. The van der Waals surface area contributed by atoms with Crippen molar-refractivity contribution < 1.29 is 45.8 Å². The Bertz CT molecular complexity index is 780. The number of amides is 1. The summed E-state index contributed by atoms with van der Waals surface area (Å²) < 4.78 is 77.6. The second-order valence-corrected chi connectivity index (χ2v) is 4.78. The predicted octanol–water partition coefficient (Wildman–Crippen LogP) is 2.75. The van der Waals surface area contributed by atoms with Crippen LogP contribution < -0.4 is 4.90 Å². The van der Waals surface area contributed by atoms with E-state index >= 15 is 0 Å². The van der Waals surface area contributed by atoms with Crippen LogP contribution in [0.3, 0.4) is 0 Å². The van der Waals surface area contributed by atoms with Gasteiger partial charge in [0.05, 0.1) is 19.3 Å². The van der Waals surface area contributed by atoms with Crippen LogP contribution in [0.2, 0.25) is 0 Å². The highest BCUT2D eigenvalue weighted by Crippen LogP contribution is 2.32. The molecule has 0 heterocycles. The molecule has 0 N–H and O–H groups in total. The summed E-state index contributed by atoms with van der Waals surface area (Å²) in [7, 11) is 0. The molecule has 1 aromatic carbocycles. The number of carbonyl (C=O) groups is 3. The van der Waals surface area contributed by atoms with Crippen molar-refractivity contribution in [2.45, 2.75) is 20.8 Å². The molecule has 1 aromatic rings. The maximum Gasteiger partial charge on any atom is 0.355 e. The number of hydrogen-bond donors (Lipinski definition) is 0. The smallest absolute Gasteiger partial charge is 0.355 e. The van der Waals surface area contributed by atoms with Gasteiger partial charge in [0, 0.05) is 6.92 Å². The fraction of sp³-hybridized carbons (Fsp3) is 0.312. The van der Waals surface area contributed by atoms with Crippen molar-refractivity contribution in [1.82, 2.24) is 0 Å². The monoisotopic (exact) mass is 395 g/mol. The zero-order valence-electron chi connectivity index (χ0n) is 14.4. The molecular formula is C16H14F5NO5. The van der Waals surface area contributed by atoms with Gasteiger partial charge in [0.2, 0.25) is 11.7 Å². The molecule has 0 aromatic heterocycles. The fourth-order valence-corrected chi connectivity index (χ4v) is 1.95.